The molecule has 0 unspecified atom stereocenters. The lowest BCUT2D eigenvalue weighted by Crippen LogP contribution is -2.50. The number of amides is 1. The number of nitrogens with zero attached hydrogens (tertiary/aromatic N) is 7. The summed E-state index contributed by atoms with van der Waals surface area (Å²) in [5, 5.41) is 24.1. The Morgan fingerprint density at radius 1 is 1.12 bits per heavy atom. The van der Waals surface area contributed by atoms with Crippen molar-refractivity contribution < 1.29 is 9.90 Å². The molecule has 1 aliphatic heterocycles. The molecule has 1 amide bonds. The van der Waals surface area contributed by atoms with Gasteiger partial charge in [0.15, 0.2) is 5.82 Å². The van der Waals surface area contributed by atoms with Gasteiger partial charge in [-0.15, -0.1) is 0 Å². The van der Waals surface area contributed by atoms with Crippen LogP contribution in [0.5, 0.6) is 5.88 Å². The molecule has 0 aliphatic carbocycles. The second-order valence-electron chi connectivity index (χ2n) is 8.47. The second kappa shape index (κ2) is 9.40. The largest absolute Gasteiger partial charge is 0.493 e. The first-order valence-electron chi connectivity index (χ1n) is 10.8. The van der Waals surface area contributed by atoms with Crippen LogP contribution in [0.15, 0.2) is 42.7 Å². The minimum atomic E-state index is -0.0496. The molecular formula is C24H27N7O2. The molecule has 9 heteroatoms. The van der Waals surface area contributed by atoms with E-state index < -0.39 is 0 Å². The van der Waals surface area contributed by atoms with Gasteiger partial charge < -0.3 is 10.0 Å². The SMILES string of the molecule is Cc1cc(C#N)ccc1-c1cnn(-c2ccc(C(=O)N3CCN(CN(C)C)CC3)cn2)c1O. The average molecular weight is 446 g/mol. The Bertz CT molecular complexity index is 1190. The fraction of sp³-hybridized carbons (Fsp3) is 0.333. The first-order valence-corrected chi connectivity index (χ1v) is 10.8. The van der Waals surface area contributed by atoms with Gasteiger partial charge in [0.2, 0.25) is 5.88 Å². The lowest BCUT2D eigenvalue weighted by atomic mass is 10.0. The zero-order valence-electron chi connectivity index (χ0n) is 19.1. The van der Waals surface area contributed by atoms with Gasteiger partial charge in [-0.05, 0) is 56.4 Å². The van der Waals surface area contributed by atoms with Crippen LogP contribution in [0.4, 0.5) is 0 Å². The van der Waals surface area contributed by atoms with E-state index in [0.29, 0.717) is 35.6 Å². The van der Waals surface area contributed by atoms with E-state index in [-0.39, 0.29) is 11.8 Å². The van der Waals surface area contributed by atoms with E-state index in [1.54, 1.807) is 36.5 Å². The number of pyridine rings is 1. The van der Waals surface area contributed by atoms with Gasteiger partial charge in [-0.1, -0.05) is 6.07 Å². The number of aryl methyl sites for hydroxylation is 1. The summed E-state index contributed by atoms with van der Waals surface area (Å²) in [6.07, 6.45) is 3.09. The Morgan fingerprint density at radius 3 is 2.48 bits per heavy atom. The van der Waals surface area contributed by atoms with Crippen molar-refractivity contribution in [1.29, 1.82) is 5.26 Å². The molecule has 9 nitrogen and oxygen atoms in total. The van der Waals surface area contributed by atoms with Gasteiger partial charge in [0.25, 0.3) is 5.91 Å². The molecule has 0 saturated carbocycles. The topological polar surface area (TPSA) is 102 Å². The van der Waals surface area contributed by atoms with Crippen LogP contribution in [0.1, 0.15) is 21.5 Å². The molecular weight excluding hydrogens is 418 g/mol. The number of benzene rings is 1. The highest BCUT2D eigenvalue weighted by atomic mass is 16.3. The molecule has 2 aromatic heterocycles. The second-order valence-corrected chi connectivity index (χ2v) is 8.47. The Hall–Kier alpha value is -3.74. The van der Waals surface area contributed by atoms with Gasteiger partial charge in [0.05, 0.1) is 35.6 Å². The van der Waals surface area contributed by atoms with Gasteiger partial charge in [-0.3, -0.25) is 14.6 Å². The lowest BCUT2D eigenvalue weighted by Gasteiger charge is -2.35. The van der Waals surface area contributed by atoms with Gasteiger partial charge >= 0.3 is 0 Å². The molecule has 0 spiro atoms. The third-order valence-corrected chi connectivity index (χ3v) is 5.74. The normalized spacial score (nSPS) is 14.5. The Labute approximate surface area is 193 Å². The predicted octanol–water partition coefficient (Wildman–Crippen LogP) is 2.10. The fourth-order valence-electron chi connectivity index (χ4n) is 4.05. The molecule has 1 N–H and O–H groups in total. The first-order chi connectivity index (χ1) is 15.9. The van der Waals surface area contributed by atoms with E-state index in [1.807, 2.05) is 25.9 Å². The highest BCUT2D eigenvalue weighted by Gasteiger charge is 2.23. The summed E-state index contributed by atoms with van der Waals surface area (Å²) in [7, 11) is 4.08. The molecule has 0 atom stereocenters. The van der Waals surface area contributed by atoms with Crippen LogP contribution in [0, 0.1) is 18.3 Å². The number of nitriles is 1. The molecule has 1 aliphatic rings. The number of aromatic nitrogens is 3. The van der Waals surface area contributed by atoms with Crippen LogP contribution in [0.2, 0.25) is 0 Å². The number of carbonyl (C=O) groups excluding carboxylic acids is 1. The van der Waals surface area contributed by atoms with Crippen molar-refractivity contribution in [3.05, 3.63) is 59.4 Å². The zero-order valence-corrected chi connectivity index (χ0v) is 19.1. The Balaban J connectivity index is 1.48. The van der Waals surface area contributed by atoms with Crippen molar-refractivity contribution in [2.45, 2.75) is 6.92 Å². The van der Waals surface area contributed by atoms with Gasteiger partial charge in [-0.25, -0.2) is 4.98 Å². The Morgan fingerprint density at radius 2 is 1.88 bits per heavy atom. The van der Waals surface area contributed by atoms with E-state index in [9.17, 15) is 9.90 Å². The van der Waals surface area contributed by atoms with E-state index in [1.165, 1.54) is 10.9 Å². The fourth-order valence-corrected chi connectivity index (χ4v) is 4.05. The quantitative estimate of drug-likeness (QED) is 0.642. The summed E-state index contributed by atoms with van der Waals surface area (Å²) in [5.74, 6) is 0.320. The van der Waals surface area contributed by atoms with E-state index in [4.69, 9.17) is 5.26 Å². The highest BCUT2D eigenvalue weighted by molar-refractivity contribution is 5.94. The van der Waals surface area contributed by atoms with Crippen LogP contribution >= 0.6 is 0 Å². The lowest BCUT2D eigenvalue weighted by molar-refractivity contribution is 0.0571. The van der Waals surface area contributed by atoms with Crippen molar-refractivity contribution in [2.24, 2.45) is 0 Å². The van der Waals surface area contributed by atoms with Crippen molar-refractivity contribution in [3.63, 3.8) is 0 Å². The number of hydrogen-bond donors (Lipinski definition) is 1. The van der Waals surface area contributed by atoms with E-state index >= 15 is 0 Å². The van der Waals surface area contributed by atoms with Crippen molar-refractivity contribution in [1.82, 2.24) is 29.5 Å². The highest BCUT2D eigenvalue weighted by Crippen LogP contribution is 2.33. The third kappa shape index (κ3) is 4.72. The number of hydrogen-bond acceptors (Lipinski definition) is 7. The van der Waals surface area contributed by atoms with Crippen LogP contribution in [0.25, 0.3) is 16.9 Å². The standard InChI is InChI=1S/C24H27N7O2/c1-17-12-18(13-25)4-6-20(17)21-15-27-31(24(21)33)22-7-5-19(14-26-22)23(32)30-10-8-29(9-11-30)16-28(2)3/h4-7,12,14-15,33H,8-11,16H2,1-3H3. The molecule has 0 bridgehead atoms. The summed E-state index contributed by atoms with van der Waals surface area (Å²) >= 11 is 0. The molecule has 4 rings (SSSR count). The summed E-state index contributed by atoms with van der Waals surface area (Å²) in [6, 6.07) is 10.8. The van der Waals surface area contributed by atoms with E-state index in [2.05, 4.69) is 26.0 Å². The number of carbonyl (C=O) groups is 1. The molecule has 3 aromatic rings. The molecule has 33 heavy (non-hydrogen) atoms. The number of piperazine rings is 1. The van der Waals surface area contributed by atoms with Crippen molar-refractivity contribution in [3.8, 4) is 28.9 Å². The summed E-state index contributed by atoms with van der Waals surface area (Å²) < 4.78 is 1.33. The third-order valence-electron chi connectivity index (χ3n) is 5.74. The van der Waals surface area contributed by atoms with Crippen molar-refractivity contribution >= 4 is 5.91 Å². The van der Waals surface area contributed by atoms with Crippen LogP contribution < -0.4 is 0 Å². The van der Waals surface area contributed by atoms with Gasteiger partial charge in [0, 0.05) is 32.4 Å². The minimum absolute atomic E-state index is 0.0443. The summed E-state index contributed by atoms with van der Waals surface area (Å²) in [6.45, 7) is 5.81. The smallest absolute Gasteiger partial charge is 0.255 e. The molecule has 0 radical (unpaired) electrons. The zero-order chi connectivity index (χ0) is 23.5. The maximum absolute atomic E-state index is 12.9. The van der Waals surface area contributed by atoms with Gasteiger partial charge in [-0.2, -0.15) is 15.0 Å². The van der Waals surface area contributed by atoms with Crippen LogP contribution in [-0.4, -0.2) is 87.4 Å². The number of aromatic hydroxyl groups is 1. The monoisotopic (exact) mass is 445 g/mol. The molecule has 1 fully saturated rings. The van der Waals surface area contributed by atoms with Crippen molar-refractivity contribution in [2.75, 3.05) is 46.9 Å². The predicted molar refractivity (Wildman–Crippen MR) is 124 cm³/mol. The van der Waals surface area contributed by atoms with Crippen LogP contribution in [0.3, 0.4) is 0 Å². The maximum atomic E-state index is 12.9. The maximum Gasteiger partial charge on any atom is 0.255 e. The number of rotatable bonds is 5. The summed E-state index contributed by atoms with van der Waals surface area (Å²) in [4.78, 5) is 23.5. The Kier molecular flexibility index (Phi) is 6.40. The van der Waals surface area contributed by atoms with Gasteiger partial charge in [0.1, 0.15) is 0 Å². The minimum Gasteiger partial charge on any atom is -0.493 e. The summed E-state index contributed by atoms with van der Waals surface area (Å²) in [5.41, 5.74) is 3.27. The molecule has 1 saturated heterocycles. The molecule has 170 valence electrons. The average Bonchev–Trinajstić information content (AvgIpc) is 3.19. The molecule has 1 aromatic carbocycles. The van der Waals surface area contributed by atoms with E-state index in [0.717, 1.165) is 30.9 Å². The first kappa shape index (κ1) is 22.5. The molecule has 3 heterocycles. The van der Waals surface area contributed by atoms with Crippen LogP contribution in [-0.2, 0) is 0 Å².